The summed E-state index contributed by atoms with van der Waals surface area (Å²) in [5, 5.41) is 13.5. The smallest absolute Gasteiger partial charge is 0.198 e. The quantitative estimate of drug-likeness (QED) is 0.176. The Kier molecular flexibility index (Phi) is 7.51. The Labute approximate surface area is 249 Å². The Morgan fingerprint density at radius 3 is 2.33 bits per heavy atom. The van der Waals surface area contributed by atoms with E-state index >= 15 is 0 Å². The van der Waals surface area contributed by atoms with Gasteiger partial charge in [0.05, 0.1) is 25.7 Å². The number of fused-ring (bicyclic) bond motifs is 4. The molecule has 0 saturated carbocycles. The maximum atomic E-state index is 12.6. The molecule has 3 aliphatic rings. The molecule has 4 heterocycles. The van der Waals surface area contributed by atoms with Crippen LogP contribution in [0.1, 0.15) is 76.6 Å². The second-order valence-electron chi connectivity index (χ2n) is 14.3. The van der Waals surface area contributed by atoms with Crippen LogP contribution in [-0.2, 0) is 21.9 Å². The monoisotopic (exact) mass is 605 g/mol. The van der Waals surface area contributed by atoms with E-state index in [0.29, 0.717) is 11.8 Å². The molecule has 5 heteroatoms. The Balaban J connectivity index is 1.64. The molecule has 1 N–H and O–H groups in total. The van der Waals surface area contributed by atoms with Crippen LogP contribution in [0.25, 0.3) is 10.9 Å². The number of hydrogen-bond donors (Lipinski definition) is 1. The van der Waals surface area contributed by atoms with E-state index in [4.69, 9.17) is 4.74 Å². The van der Waals surface area contributed by atoms with E-state index in [-0.39, 0.29) is 16.9 Å². The number of nitrogens with zero attached hydrogens (tertiary/aromatic N) is 2. The predicted molar refractivity (Wildman–Crippen MR) is 169 cm³/mol. The first-order valence-electron chi connectivity index (χ1n) is 14.7. The molecule has 0 amide bonds. The number of pyridine rings is 1. The molecular formula is C35H46BrN2O2+. The third-order valence-corrected chi connectivity index (χ3v) is 10.6. The first kappa shape index (κ1) is 29.3. The number of methoxy groups -OCH3 is 1. The Bertz CT molecular complexity index is 1380. The van der Waals surface area contributed by atoms with Gasteiger partial charge in [0.25, 0.3) is 0 Å². The molecule has 5 atom stereocenters. The third kappa shape index (κ3) is 5.26. The summed E-state index contributed by atoms with van der Waals surface area (Å²) in [4.78, 5) is 4.59. The molecule has 0 spiro atoms. The number of benzene rings is 2. The molecule has 3 unspecified atom stereocenters. The summed E-state index contributed by atoms with van der Waals surface area (Å²) in [6.07, 6.45) is 6.08. The number of ether oxygens (including phenoxy) is 1. The summed E-state index contributed by atoms with van der Waals surface area (Å²) in [5.74, 6) is 1.75. The van der Waals surface area contributed by atoms with E-state index in [1.807, 2.05) is 30.5 Å². The topological polar surface area (TPSA) is 42.4 Å². The number of rotatable bonds is 6. The summed E-state index contributed by atoms with van der Waals surface area (Å²) < 4.78 is 5.16. The average molecular weight is 607 g/mol. The fourth-order valence-corrected chi connectivity index (χ4v) is 8.14. The van der Waals surface area contributed by atoms with Crippen molar-refractivity contribution in [3.63, 3.8) is 0 Å². The van der Waals surface area contributed by atoms with Gasteiger partial charge in [0.15, 0.2) is 4.51 Å². The van der Waals surface area contributed by atoms with Crippen molar-refractivity contribution in [2.24, 2.45) is 11.8 Å². The predicted octanol–water partition coefficient (Wildman–Crippen LogP) is 7.99. The van der Waals surface area contributed by atoms with Crippen LogP contribution < -0.4 is 4.74 Å². The van der Waals surface area contributed by atoms with Gasteiger partial charge in [0.2, 0.25) is 0 Å². The SMILES string of the molecule is C=CC1C[N+]2(Cc3cc(C(C)(C)C)cc(C(C)(C)C)c3)CCC1C[C@H]2[C@](O)(Br)c1ccnc2ccc(OC)cc12. The van der Waals surface area contributed by atoms with E-state index in [1.54, 1.807) is 7.11 Å². The van der Waals surface area contributed by atoms with E-state index < -0.39 is 4.51 Å². The Hall–Kier alpha value is -2.21. The largest absolute Gasteiger partial charge is 0.497 e. The molecule has 214 valence electrons. The van der Waals surface area contributed by atoms with Gasteiger partial charge in [-0.25, -0.2) is 0 Å². The molecule has 6 rings (SSSR count). The number of halogens is 1. The fourth-order valence-electron chi connectivity index (χ4n) is 7.17. The summed E-state index contributed by atoms with van der Waals surface area (Å²) in [7, 11) is 1.68. The zero-order valence-corrected chi connectivity index (χ0v) is 26.9. The molecule has 0 radical (unpaired) electrons. The number of quaternary nitrogens is 1. The highest BCUT2D eigenvalue weighted by atomic mass is 79.9. The van der Waals surface area contributed by atoms with E-state index in [1.165, 1.54) is 16.7 Å². The molecular weight excluding hydrogens is 560 g/mol. The maximum absolute atomic E-state index is 12.6. The minimum Gasteiger partial charge on any atom is -0.497 e. The highest BCUT2D eigenvalue weighted by molar-refractivity contribution is 9.09. The average Bonchev–Trinajstić information content (AvgIpc) is 2.91. The van der Waals surface area contributed by atoms with Crippen LogP contribution in [0, 0.1) is 11.8 Å². The number of alkyl halides is 1. The van der Waals surface area contributed by atoms with Gasteiger partial charge < -0.3 is 14.3 Å². The molecule has 3 fully saturated rings. The summed E-state index contributed by atoms with van der Waals surface area (Å²) in [6, 6.07) is 15.1. The first-order valence-corrected chi connectivity index (χ1v) is 15.4. The van der Waals surface area contributed by atoms with Crippen LogP contribution in [0.15, 0.2) is 61.3 Å². The lowest BCUT2D eigenvalue weighted by Gasteiger charge is -2.59. The van der Waals surface area contributed by atoms with Gasteiger partial charge in [-0.15, -0.1) is 6.58 Å². The molecule has 3 aromatic rings. The summed E-state index contributed by atoms with van der Waals surface area (Å²) in [5.41, 5.74) is 5.93. The van der Waals surface area contributed by atoms with E-state index in [2.05, 4.69) is 93.3 Å². The molecule has 40 heavy (non-hydrogen) atoms. The molecule has 2 aromatic carbocycles. The van der Waals surface area contributed by atoms with Crippen molar-refractivity contribution in [3.05, 3.63) is 83.6 Å². The van der Waals surface area contributed by atoms with Gasteiger partial charge in [-0.1, -0.05) is 53.7 Å². The molecule has 3 aliphatic heterocycles. The maximum Gasteiger partial charge on any atom is 0.198 e. The van der Waals surface area contributed by atoms with Crippen LogP contribution in [-0.4, -0.2) is 40.8 Å². The summed E-state index contributed by atoms with van der Waals surface area (Å²) in [6.45, 7) is 21.0. The van der Waals surface area contributed by atoms with Crippen LogP contribution in [0.2, 0.25) is 0 Å². The number of aliphatic hydroxyl groups is 1. The number of piperidine rings is 3. The standard InChI is InChI=1S/C35H46BrN2O2/c1-9-24-22-38(21-23-16-26(33(2,3)4)19-27(17-23)34(5,6)7)15-13-25(24)18-32(38)35(36,39)30-12-14-37-31-11-10-28(40-8)20-29(30)31/h9-12,14,16-17,19-20,24-25,32,39H,1,13,15,18,21-22H2,2-8H3/q+1/t24?,25?,32-,35-,38?/m0/s1. The lowest BCUT2D eigenvalue weighted by molar-refractivity contribution is -0.986. The van der Waals surface area contributed by atoms with Crippen molar-refractivity contribution in [1.82, 2.24) is 4.98 Å². The van der Waals surface area contributed by atoms with Gasteiger partial charge in [-0.2, -0.15) is 0 Å². The van der Waals surface area contributed by atoms with Crippen molar-refractivity contribution in [2.75, 3.05) is 20.2 Å². The lowest BCUT2D eigenvalue weighted by Crippen LogP contribution is -2.70. The molecule has 2 bridgehead atoms. The van der Waals surface area contributed by atoms with Gasteiger partial charge in [-0.05, 0) is 80.2 Å². The van der Waals surface area contributed by atoms with Crippen LogP contribution >= 0.6 is 15.9 Å². The Morgan fingerprint density at radius 2 is 1.73 bits per heavy atom. The van der Waals surface area contributed by atoms with Crippen LogP contribution in [0.3, 0.4) is 0 Å². The van der Waals surface area contributed by atoms with E-state index in [9.17, 15) is 5.11 Å². The van der Waals surface area contributed by atoms with Crippen molar-refractivity contribution in [1.29, 1.82) is 0 Å². The van der Waals surface area contributed by atoms with Crippen LogP contribution in [0.5, 0.6) is 5.75 Å². The fraction of sp³-hybridized carbons (Fsp3) is 0.514. The van der Waals surface area contributed by atoms with Crippen molar-refractivity contribution in [3.8, 4) is 5.75 Å². The van der Waals surface area contributed by atoms with Crippen molar-refractivity contribution in [2.45, 2.75) is 82.3 Å². The molecule has 3 saturated heterocycles. The number of aromatic nitrogens is 1. The van der Waals surface area contributed by atoms with Gasteiger partial charge >= 0.3 is 0 Å². The highest BCUT2D eigenvalue weighted by Gasteiger charge is 2.59. The van der Waals surface area contributed by atoms with Crippen molar-refractivity contribution >= 4 is 26.8 Å². The minimum atomic E-state index is -1.22. The first-order chi connectivity index (χ1) is 18.7. The zero-order valence-electron chi connectivity index (χ0n) is 25.3. The third-order valence-electron chi connectivity index (χ3n) is 9.61. The second kappa shape index (κ2) is 10.3. The normalized spacial score (nSPS) is 26.5. The highest BCUT2D eigenvalue weighted by Crippen LogP contribution is 2.52. The van der Waals surface area contributed by atoms with Crippen molar-refractivity contribution < 1.29 is 14.3 Å². The molecule has 0 aliphatic carbocycles. The van der Waals surface area contributed by atoms with Gasteiger partial charge in [0.1, 0.15) is 18.3 Å². The number of hydrogen-bond acceptors (Lipinski definition) is 3. The second-order valence-corrected chi connectivity index (χ2v) is 15.5. The Morgan fingerprint density at radius 1 is 1.05 bits per heavy atom. The molecule has 4 nitrogen and oxygen atoms in total. The minimum absolute atomic E-state index is 0.0179. The summed E-state index contributed by atoms with van der Waals surface area (Å²) >= 11 is 3.95. The van der Waals surface area contributed by atoms with Gasteiger partial charge in [-0.3, -0.25) is 4.98 Å². The van der Waals surface area contributed by atoms with E-state index in [0.717, 1.165) is 59.2 Å². The van der Waals surface area contributed by atoms with Crippen LogP contribution in [0.4, 0.5) is 0 Å². The lowest BCUT2D eigenvalue weighted by atomic mass is 9.70. The zero-order chi connectivity index (χ0) is 29.1. The molecule has 1 aromatic heterocycles. The van der Waals surface area contributed by atoms with Gasteiger partial charge in [0, 0.05) is 41.5 Å².